The summed E-state index contributed by atoms with van der Waals surface area (Å²) in [5.41, 5.74) is 0.569. The highest BCUT2D eigenvalue weighted by molar-refractivity contribution is 5.47. The minimum atomic E-state index is -0.385. The van der Waals surface area contributed by atoms with Gasteiger partial charge in [-0.05, 0) is 33.0 Å². The van der Waals surface area contributed by atoms with Crippen molar-refractivity contribution in [1.29, 1.82) is 0 Å². The average molecular weight is 264 g/mol. The molecular weight excluding hydrogens is 244 g/mol. The molecule has 1 aromatic rings. The molecule has 19 heavy (non-hydrogen) atoms. The van der Waals surface area contributed by atoms with E-state index in [9.17, 15) is 10.1 Å². The van der Waals surface area contributed by atoms with Gasteiger partial charge in [-0.15, -0.1) is 0 Å². The molecule has 1 aliphatic heterocycles. The monoisotopic (exact) mass is 264 g/mol. The Hall–Kier alpha value is -1.69. The predicted octanol–water partition coefficient (Wildman–Crippen LogP) is 1.83. The molecule has 2 heterocycles. The molecule has 1 unspecified atom stereocenters. The van der Waals surface area contributed by atoms with E-state index in [4.69, 9.17) is 0 Å². The zero-order valence-corrected chi connectivity index (χ0v) is 11.7. The molecule has 1 aliphatic rings. The quantitative estimate of drug-likeness (QED) is 0.613. The van der Waals surface area contributed by atoms with E-state index < -0.39 is 0 Å². The van der Waals surface area contributed by atoms with Crippen molar-refractivity contribution >= 4 is 11.5 Å². The number of aromatic nitrogens is 1. The summed E-state index contributed by atoms with van der Waals surface area (Å²) in [6, 6.07) is 3.84. The summed E-state index contributed by atoms with van der Waals surface area (Å²) >= 11 is 0. The Bertz CT molecular complexity index is 478. The second-order valence-electron chi connectivity index (χ2n) is 4.99. The van der Waals surface area contributed by atoms with Crippen LogP contribution in [0.3, 0.4) is 0 Å². The second-order valence-corrected chi connectivity index (χ2v) is 4.99. The SMILES string of the molecule is CCN(C)C1CCN(c2ccc([N+](=O)[O-])c(C)n2)C1. The summed E-state index contributed by atoms with van der Waals surface area (Å²) in [5, 5.41) is 10.8. The van der Waals surface area contributed by atoms with Gasteiger partial charge in [0, 0.05) is 25.2 Å². The first kappa shape index (κ1) is 13.7. The van der Waals surface area contributed by atoms with Crippen molar-refractivity contribution < 1.29 is 4.92 Å². The molecule has 1 fully saturated rings. The second kappa shape index (κ2) is 5.52. The lowest BCUT2D eigenvalue weighted by Crippen LogP contribution is -2.34. The third-order valence-corrected chi connectivity index (χ3v) is 3.85. The first-order valence-corrected chi connectivity index (χ1v) is 6.60. The number of anilines is 1. The van der Waals surface area contributed by atoms with Gasteiger partial charge in [0.1, 0.15) is 11.5 Å². The Kier molecular flexibility index (Phi) is 3.99. The largest absolute Gasteiger partial charge is 0.355 e. The molecule has 0 amide bonds. The van der Waals surface area contributed by atoms with E-state index in [-0.39, 0.29) is 10.6 Å². The number of nitro groups is 1. The number of hydrogen-bond donors (Lipinski definition) is 0. The molecule has 0 bridgehead atoms. The zero-order chi connectivity index (χ0) is 14.0. The molecule has 104 valence electrons. The van der Waals surface area contributed by atoms with Crippen LogP contribution in [-0.4, -0.2) is 47.5 Å². The van der Waals surface area contributed by atoms with E-state index in [2.05, 4.69) is 28.8 Å². The number of likely N-dealkylation sites (N-methyl/N-ethyl adjacent to an activating group) is 1. The normalized spacial score (nSPS) is 19.2. The molecule has 0 aromatic carbocycles. The van der Waals surface area contributed by atoms with Crippen LogP contribution in [0, 0.1) is 17.0 Å². The molecule has 6 heteroatoms. The molecule has 0 spiro atoms. The van der Waals surface area contributed by atoms with Gasteiger partial charge in [-0.25, -0.2) is 4.98 Å². The fourth-order valence-electron chi connectivity index (χ4n) is 2.48. The molecule has 1 atom stereocenters. The summed E-state index contributed by atoms with van der Waals surface area (Å²) in [5.74, 6) is 0.843. The Morgan fingerprint density at radius 1 is 1.58 bits per heavy atom. The average Bonchev–Trinajstić information content (AvgIpc) is 2.86. The minimum Gasteiger partial charge on any atom is -0.355 e. The van der Waals surface area contributed by atoms with E-state index in [1.54, 1.807) is 19.1 Å². The Morgan fingerprint density at radius 2 is 2.32 bits per heavy atom. The molecular formula is C13H20N4O2. The van der Waals surface area contributed by atoms with Gasteiger partial charge in [-0.2, -0.15) is 0 Å². The first-order chi connectivity index (χ1) is 9.02. The number of hydrogen-bond acceptors (Lipinski definition) is 5. The van der Waals surface area contributed by atoms with Crippen molar-refractivity contribution in [1.82, 2.24) is 9.88 Å². The van der Waals surface area contributed by atoms with Crippen LogP contribution >= 0.6 is 0 Å². The smallest absolute Gasteiger partial charge is 0.290 e. The van der Waals surface area contributed by atoms with Gasteiger partial charge >= 0.3 is 0 Å². The van der Waals surface area contributed by atoms with Gasteiger partial charge < -0.3 is 9.80 Å². The first-order valence-electron chi connectivity index (χ1n) is 6.60. The van der Waals surface area contributed by atoms with Crippen LogP contribution in [-0.2, 0) is 0 Å². The molecule has 2 rings (SSSR count). The Balaban J connectivity index is 2.12. The maximum Gasteiger partial charge on any atom is 0.290 e. The zero-order valence-electron chi connectivity index (χ0n) is 11.7. The predicted molar refractivity (Wildman–Crippen MR) is 74.6 cm³/mol. The number of aryl methyl sites for hydroxylation is 1. The summed E-state index contributed by atoms with van der Waals surface area (Å²) in [7, 11) is 2.13. The van der Waals surface area contributed by atoms with Gasteiger partial charge in [0.05, 0.1) is 4.92 Å². The molecule has 6 nitrogen and oxygen atoms in total. The summed E-state index contributed by atoms with van der Waals surface area (Å²) in [6.45, 7) is 6.77. The summed E-state index contributed by atoms with van der Waals surface area (Å²) in [4.78, 5) is 19.3. The molecule has 0 N–H and O–H groups in total. The Morgan fingerprint density at radius 3 is 2.89 bits per heavy atom. The van der Waals surface area contributed by atoms with Crippen LogP contribution in [0.25, 0.3) is 0 Å². The fraction of sp³-hybridized carbons (Fsp3) is 0.615. The number of rotatable bonds is 4. The van der Waals surface area contributed by atoms with Crippen molar-refractivity contribution in [2.75, 3.05) is 31.6 Å². The van der Waals surface area contributed by atoms with Crippen LogP contribution in [0.1, 0.15) is 19.0 Å². The van der Waals surface area contributed by atoms with Gasteiger partial charge in [0.15, 0.2) is 0 Å². The van der Waals surface area contributed by atoms with Crippen molar-refractivity contribution in [3.63, 3.8) is 0 Å². The van der Waals surface area contributed by atoms with Crippen molar-refractivity contribution in [2.45, 2.75) is 26.3 Å². The van der Waals surface area contributed by atoms with Gasteiger partial charge in [0.25, 0.3) is 5.69 Å². The molecule has 1 saturated heterocycles. The van der Waals surface area contributed by atoms with E-state index in [1.807, 2.05) is 0 Å². The summed E-state index contributed by atoms with van der Waals surface area (Å²) < 4.78 is 0. The van der Waals surface area contributed by atoms with Crippen LogP contribution in [0.15, 0.2) is 12.1 Å². The standard InChI is InChI=1S/C13H20N4O2/c1-4-15(3)11-7-8-16(9-11)13-6-5-12(17(18)19)10(2)14-13/h5-6,11H,4,7-9H2,1-3H3. The maximum atomic E-state index is 10.8. The van der Waals surface area contributed by atoms with Gasteiger partial charge in [-0.1, -0.05) is 6.92 Å². The fourth-order valence-corrected chi connectivity index (χ4v) is 2.48. The topological polar surface area (TPSA) is 62.5 Å². The van der Waals surface area contributed by atoms with Gasteiger partial charge in [0.2, 0.25) is 0 Å². The minimum absolute atomic E-state index is 0.0881. The third kappa shape index (κ3) is 2.84. The molecule has 0 saturated carbocycles. The van der Waals surface area contributed by atoms with E-state index in [1.165, 1.54) is 0 Å². The lowest BCUT2D eigenvalue weighted by molar-refractivity contribution is -0.385. The third-order valence-electron chi connectivity index (χ3n) is 3.85. The lowest BCUT2D eigenvalue weighted by Gasteiger charge is -2.23. The molecule has 0 aliphatic carbocycles. The molecule has 0 radical (unpaired) electrons. The highest BCUT2D eigenvalue weighted by atomic mass is 16.6. The van der Waals surface area contributed by atoms with Crippen molar-refractivity contribution in [2.24, 2.45) is 0 Å². The Labute approximate surface area is 113 Å². The van der Waals surface area contributed by atoms with Gasteiger partial charge in [-0.3, -0.25) is 10.1 Å². The van der Waals surface area contributed by atoms with Crippen LogP contribution in [0.2, 0.25) is 0 Å². The summed E-state index contributed by atoms with van der Waals surface area (Å²) in [6.07, 6.45) is 1.11. The number of nitrogens with zero attached hydrogens (tertiary/aromatic N) is 4. The van der Waals surface area contributed by atoms with Crippen molar-refractivity contribution in [3.8, 4) is 0 Å². The van der Waals surface area contributed by atoms with E-state index in [0.717, 1.165) is 31.9 Å². The lowest BCUT2D eigenvalue weighted by atomic mass is 10.2. The van der Waals surface area contributed by atoms with Crippen LogP contribution in [0.4, 0.5) is 11.5 Å². The van der Waals surface area contributed by atoms with E-state index >= 15 is 0 Å². The van der Waals surface area contributed by atoms with Crippen LogP contribution in [0.5, 0.6) is 0 Å². The molecule has 1 aromatic heterocycles. The van der Waals surface area contributed by atoms with Crippen LogP contribution < -0.4 is 4.90 Å². The number of pyridine rings is 1. The maximum absolute atomic E-state index is 10.8. The highest BCUT2D eigenvalue weighted by Crippen LogP contribution is 2.24. The van der Waals surface area contributed by atoms with E-state index in [0.29, 0.717) is 11.7 Å². The highest BCUT2D eigenvalue weighted by Gasteiger charge is 2.26. The van der Waals surface area contributed by atoms with Crippen molar-refractivity contribution in [3.05, 3.63) is 27.9 Å².